The Labute approximate surface area is 196 Å². The third-order valence-electron chi connectivity index (χ3n) is 4.57. The number of benzene rings is 2. The van der Waals surface area contributed by atoms with Gasteiger partial charge in [-0.2, -0.15) is 11.8 Å². The van der Waals surface area contributed by atoms with Gasteiger partial charge in [0.25, 0.3) is 5.56 Å². The van der Waals surface area contributed by atoms with Gasteiger partial charge < -0.3 is 19.3 Å². The number of thioether (sulfide) groups is 1. The van der Waals surface area contributed by atoms with E-state index in [0.717, 1.165) is 11.3 Å². The van der Waals surface area contributed by atoms with Crippen molar-refractivity contribution in [1.82, 2.24) is 4.57 Å². The molecule has 0 fully saturated rings. The highest BCUT2D eigenvalue weighted by Gasteiger charge is 2.11. The summed E-state index contributed by atoms with van der Waals surface area (Å²) < 4.78 is 18.4. The van der Waals surface area contributed by atoms with Crippen molar-refractivity contribution in [3.8, 4) is 22.9 Å². The summed E-state index contributed by atoms with van der Waals surface area (Å²) in [6.07, 6.45) is 1.14. The molecule has 8 heteroatoms. The first-order valence-electron chi connectivity index (χ1n) is 10.2. The van der Waals surface area contributed by atoms with Crippen LogP contribution in [0.25, 0.3) is 5.69 Å². The van der Waals surface area contributed by atoms with Gasteiger partial charge in [-0.05, 0) is 53.8 Å². The molecule has 0 aliphatic rings. The van der Waals surface area contributed by atoms with Crippen molar-refractivity contribution in [2.75, 3.05) is 25.2 Å². The Morgan fingerprint density at radius 3 is 2.53 bits per heavy atom. The van der Waals surface area contributed by atoms with E-state index >= 15 is 0 Å². The van der Waals surface area contributed by atoms with Crippen molar-refractivity contribution in [3.63, 3.8) is 0 Å². The van der Waals surface area contributed by atoms with Crippen LogP contribution in [-0.4, -0.2) is 41.0 Å². The molecule has 0 radical (unpaired) electrons. The van der Waals surface area contributed by atoms with Crippen LogP contribution in [0.15, 0.2) is 65.6 Å². The largest absolute Gasteiger partial charge is 0.493 e. The number of aliphatic hydroxyl groups excluding tert-OH is 1. The molecule has 3 rings (SSSR count). The molecule has 0 saturated heterocycles. The Morgan fingerprint density at radius 2 is 1.84 bits per heavy atom. The van der Waals surface area contributed by atoms with Crippen LogP contribution in [0.3, 0.4) is 0 Å². The molecule has 0 bridgehead atoms. The Morgan fingerprint density at radius 1 is 1.06 bits per heavy atom. The van der Waals surface area contributed by atoms with Gasteiger partial charge in [-0.3, -0.25) is 9.36 Å². The van der Waals surface area contributed by atoms with Crippen LogP contribution in [-0.2, 0) is 6.61 Å². The molecule has 6 nitrogen and oxygen atoms in total. The monoisotopic (exact) mass is 475 g/mol. The zero-order valence-electron chi connectivity index (χ0n) is 18.0. The van der Waals surface area contributed by atoms with Crippen LogP contribution in [0.4, 0.5) is 0 Å². The van der Waals surface area contributed by atoms with Crippen molar-refractivity contribution in [3.05, 3.63) is 81.7 Å². The zero-order valence-corrected chi connectivity index (χ0v) is 19.6. The predicted octanol–water partition coefficient (Wildman–Crippen LogP) is 4.57. The smallest absolute Gasteiger partial charge is 0.255 e. The number of hydrogen-bond acceptors (Lipinski definition) is 6. The molecule has 0 saturated carbocycles. The Kier molecular flexibility index (Phi) is 8.90. The number of methoxy groups -OCH3 is 1. The molecule has 1 atom stereocenters. The number of hydrogen-bond donors (Lipinski definition) is 1. The maximum absolute atomic E-state index is 12.7. The number of halogens is 1. The number of rotatable bonds is 11. The minimum atomic E-state index is -0.561. The van der Waals surface area contributed by atoms with E-state index < -0.39 is 6.10 Å². The van der Waals surface area contributed by atoms with Crippen LogP contribution >= 0.6 is 23.4 Å². The number of aromatic nitrogens is 1. The summed E-state index contributed by atoms with van der Waals surface area (Å²) in [7, 11) is 1.54. The molecule has 0 unspecified atom stereocenters. The highest BCUT2D eigenvalue weighted by molar-refractivity contribution is 7.99. The topological polar surface area (TPSA) is 69.9 Å². The molecule has 1 heterocycles. The van der Waals surface area contributed by atoms with Gasteiger partial charge in [0.05, 0.1) is 18.9 Å². The summed E-state index contributed by atoms with van der Waals surface area (Å²) in [6.45, 7) is 2.48. The highest BCUT2D eigenvalue weighted by Crippen LogP contribution is 2.29. The van der Waals surface area contributed by atoms with Crippen LogP contribution in [0.2, 0.25) is 5.02 Å². The lowest BCUT2D eigenvalue weighted by Gasteiger charge is -2.15. The fraction of sp³-hybridized carbons (Fsp3) is 0.292. The maximum atomic E-state index is 12.7. The summed E-state index contributed by atoms with van der Waals surface area (Å²) in [5.41, 5.74) is 1.21. The quantitative estimate of drug-likeness (QED) is 0.438. The second kappa shape index (κ2) is 11.9. The molecule has 0 amide bonds. The van der Waals surface area contributed by atoms with E-state index in [1.807, 2.05) is 13.0 Å². The van der Waals surface area contributed by atoms with E-state index in [1.165, 1.54) is 17.7 Å². The Balaban J connectivity index is 1.68. The molecule has 3 aromatic rings. The van der Waals surface area contributed by atoms with Crippen LogP contribution < -0.4 is 19.8 Å². The maximum Gasteiger partial charge on any atom is 0.255 e. The van der Waals surface area contributed by atoms with E-state index in [0.29, 0.717) is 33.7 Å². The van der Waals surface area contributed by atoms with Crippen molar-refractivity contribution in [2.45, 2.75) is 19.6 Å². The summed E-state index contributed by atoms with van der Waals surface area (Å²) in [6, 6.07) is 15.7. The van der Waals surface area contributed by atoms with Gasteiger partial charge in [0.2, 0.25) is 0 Å². The normalized spacial score (nSPS) is 11.8. The molecule has 1 N–H and O–H groups in total. The van der Waals surface area contributed by atoms with E-state index in [1.54, 1.807) is 60.4 Å². The van der Waals surface area contributed by atoms with Gasteiger partial charge in [-0.1, -0.05) is 18.5 Å². The molecular formula is C24H26ClNO5S. The van der Waals surface area contributed by atoms with Crippen LogP contribution in [0, 0.1) is 0 Å². The number of nitrogens with zero attached hydrogens (tertiary/aromatic N) is 1. The SMILES string of the molecule is CCSC[C@@H](O)COc1ccc(-n2ccc(COc3ccc(Cl)cc3)cc2=O)cc1OC. The van der Waals surface area contributed by atoms with Crippen molar-refractivity contribution in [2.24, 2.45) is 0 Å². The minimum Gasteiger partial charge on any atom is -0.493 e. The molecule has 0 spiro atoms. The number of pyridine rings is 1. The molecule has 32 heavy (non-hydrogen) atoms. The molecule has 170 valence electrons. The van der Waals surface area contributed by atoms with Crippen LogP contribution in [0.1, 0.15) is 12.5 Å². The first-order valence-corrected chi connectivity index (χ1v) is 11.7. The summed E-state index contributed by atoms with van der Waals surface area (Å²) >= 11 is 7.53. The second-order valence-corrected chi connectivity index (χ2v) is 8.70. The Hall–Kier alpha value is -2.61. The molecule has 0 aliphatic carbocycles. The summed E-state index contributed by atoms with van der Waals surface area (Å²) in [5.74, 6) is 3.23. The lowest BCUT2D eigenvalue weighted by molar-refractivity contribution is 0.124. The third kappa shape index (κ3) is 6.69. The van der Waals surface area contributed by atoms with Gasteiger partial charge in [0, 0.05) is 29.1 Å². The summed E-state index contributed by atoms with van der Waals surface area (Å²) in [5, 5.41) is 10.6. The zero-order chi connectivity index (χ0) is 22.9. The standard InChI is InChI=1S/C24H26ClNO5S/c1-3-32-16-20(27)15-31-22-9-6-19(13-23(22)29-2)26-11-10-17(12-24(26)28)14-30-21-7-4-18(25)5-8-21/h4-13,20,27H,3,14-16H2,1-2H3/t20-/m0/s1. The average molecular weight is 476 g/mol. The molecule has 1 aromatic heterocycles. The minimum absolute atomic E-state index is 0.172. The first kappa shape index (κ1) is 24.0. The van der Waals surface area contributed by atoms with E-state index in [2.05, 4.69) is 0 Å². The predicted molar refractivity (Wildman–Crippen MR) is 129 cm³/mol. The van der Waals surface area contributed by atoms with Crippen LogP contribution in [0.5, 0.6) is 17.2 Å². The first-order chi connectivity index (χ1) is 15.5. The molecule has 2 aromatic carbocycles. The number of aliphatic hydroxyl groups is 1. The lowest BCUT2D eigenvalue weighted by atomic mass is 10.2. The average Bonchev–Trinajstić information content (AvgIpc) is 2.81. The fourth-order valence-corrected chi connectivity index (χ4v) is 3.66. The van der Waals surface area contributed by atoms with E-state index in [-0.39, 0.29) is 18.8 Å². The molecule has 0 aliphatic heterocycles. The number of ether oxygens (including phenoxy) is 3. The molecular weight excluding hydrogens is 450 g/mol. The van der Waals surface area contributed by atoms with Gasteiger partial charge in [-0.25, -0.2) is 0 Å². The van der Waals surface area contributed by atoms with Crippen molar-refractivity contribution >= 4 is 23.4 Å². The van der Waals surface area contributed by atoms with Gasteiger partial charge in [0.1, 0.15) is 19.0 Å². The van der Waals surface area contributed by atoms with Crippen molar-refractivity contribution in [1.29, 1.82) is 0 Å². The van der Waals surface area contributed by atoms with E-state index in [9.17, 15) is 9.90 Å². The Bertz CT molecular complexity index is 1070. The van der Waals surface area contributed by atoms with Gasteiger partial charge in [-0.15, -0.1) is 0 Å². The second-order valence-electron chi connectivity index (χ2n) is 6.95. The lowest BCUT2D eigenvalue weighted by Crippen LogP contribution is -2.20. The highest BCUT2D eigenvalue weighted by atomic mass is 35.5. The third-order valence-corrected chi connectivity index (χ3v) is 5.85. The van der Waals surface area contributed by atoms with E-state index in [4.69, 9.17) is 25.8 Å². The van der Waals surface area contributed by atoms with Gasteiger partial charge in [0.15, 0.2) is 11.5 Å². The fourth-order valence-electron chi connectivity index (χ4n) is 2.93. The van der Waals surface area contributed by atoms with Crippen molar-refractivity contribution < 1.29 is 19.3 Å². The van der Waals surface area contributed by atoms with Gasteiger partial charge >= 0.3 is 0 Å². The summed E-state index contributed by atoms with van der Waals surface area (Å²) in [4.78, 5) is 12.7.